The van der Waals surface area contributed by atoms with E-state index >= 15 is 0 Å². The number of nitrogens with zero attached hydrogens (tertiary/aromatic N) is 1. The van der Waals surface area contributed by atoms with Gasteiger partial charge in [-0.25, -0.2) is 0 Å². The van der Waals surface area contributed by atoms with Gasteiger partial charge >= 0.3 is 0 Å². The Hall–Kier alpha value is -1.62. The molecule has 0 fully saturated rings. The largest absolute Gasteiger partial charge is 0.493 e. The molecular formula is C13H20N2O3. The van der Waals surface area contributed by atoms with Crippen LogP contribution in [0.5, 0.6) is 5.75 Å². The van der Waals surface area contributed by atoms with E-state index in [1.807, 2.05) is 13.0 Å². The summed E-state index contributed by atoms with van der Waals surface area (Å²) in [5, 5.41) is 14.0. The Bertz CT molecular complexity index is 405. The summed E-state index contributed by atoms with van der Waals surface area (Å²) in [6, 6.07) is 5.27. The van der Waals surface area contributed by atoms with E-state index in [0.717, 1.165) is 18.5 Å². The van der Waals surface area contributed by atoms with Crippen molar-refractivity contribution in [3.63, 3.8) is 0 Å². The van der Waals surface area contributed by atoms with E-state index in [2.05, 4.69) is 19.2 Å². The number of nitro groups is 1. The average molecular weight is 252 g/mol. The molecule has 0 saturated heterocycles. The lowest BCUT2D eigenvalue weighted by atomic mass is 10.2. The van der Waals surface area contributed by atoms with E-state index in [1.54, 1.807) is 0 Å². The molecule has 0 aliphatic rings. The Morgan fingerprint density at radius 1 is 1.39 bits per heavy atom. The van der Waals surface area contributed by atoms with Crippen LogP contribution in [-0.2, 0) is 0 Å². The molecule has 5 nitrogen and oxygen atoms in total. The van der Waals surface area contributed by atoms with Crippen molar-refractivity contribution in [1.82, 2.24) is 5.32 Å². The van der Waals surface area contributed by atoms with Gasteiger partial charge in [0.2, 0.25) is 0 Å². The highest BCUT2D eigenvalue weighted by atomic mass is 16.6. The Kier molecular flexibility index (Phi) is 5.58. The van der Waals surface area contributed by atoms with Crippen LogP contribution >= 0.6 is 0 Å². The molecule has 100 valence electrons. The van der Waals surface area contributed by atoms with Gasteiger partial charge < -0.3 is 10.1 Å². The number of rotatable bonds is 7. The first-order valence-electron chi connectivity index (χ1n) is 6.11. The fourth-order valence-corrected chi connectivity index (χ4v) is 1.57. The fourth-order valence-electron chi connectivity index (χ4n) is 1.57. The van der Waals surface area contributed by atoms with Gasteiger partial charge in [0.25, 0.3) is 5.69 Å². The van der Waals surface area contributed by atoms with Crippen molar-refractivity contribution < 1.29 is 9.66 Å². The molecule has 0 atom stereocenters. The Morgan fingerprint density at radius 3 is 2.72 bits per heavy atom. The first kappa shape index (κ1) is 14.4. The van der Waals surface area contributed by atoms with Crippen LogP contribution in [0.2, 0.25) is 0 Å². The zero-order valence-electron chi connectivity index (χ0n) is 11.1. The number of nitrogens with one attached hydrogen (secondary N) is 1. The highest BCUT2D eigenvalue weighted by Crippen LogP contribution is 2.22. The van der Waals surface area contributed by atoms with Gasteiger partial charge in [-0.15, -0.1) is 0 Å². The molecule has 0 radical (unpaired) electrons. The quantitative estimate of drug-likeness (QED) is 0.460. The topological polar surface area (TPSA) is 64.4 Å². The van der Waals surface area contributed by atoms with Crippen LogP contribution in [0.25, 0.3) is 0 Å². The maximum absolute atomic E-state index is 10.7. The van der Waals surface area contributed by atoms with Crippen molar-refractivity contribution in [3.8, 4) is 5.75 Å². The molecule has 0 unspecified atom stereocenters. The number of hydrogen-bond acceptors (Lipinski definition) is 4. The Labute approximate surface area is 107 Å². The normalized spacial score (nSPS) is 10.7. The molecule has 0 aromatic heterocycles. The standard InChI is InChI=1S/C13H20N2O3/c1-10(2)14-5-4-6-18-13-8-11(3)7-12(9-13)15(16)17/h7-10,14H,4-6H2,1-3H3. The molecule has 0 heterocycles. The van der Waals surface area contributed by atoms with Crippen LogP contribution in [0.4, 0.5) is 5.69 Å². The molecule has 0 bridgehead atoms. The molecule has 0 saturated carbocycles. The molecule has 18 heavy (non-hydrogen) atoms. The third-order valence-electron chi connectivity index (χ3n) is 2.39. The van der Waals surface area contributed by atoms with Crippen molar-refractivity contribution in [2.75, 3.05) is 13.2 Å². The summed E-state index contributed by atoms with van der Waals surface area (Å²) in [5.74, 6) is 0.561. The SMILES string of the molecule is Cc1cc(OCCCNC(C)C)cc([N+](=O)[O-])c1. The van der Waals surface area contributed by atoms with Crippen LogP contribution in [0.3, 0.4) is 0 Å². The van der Waals surface area contributed by atoms with Crippen LogP contribution < -0.4 is 10.1 Å². The first-order chi connectivity index (χ1) is 8.49. The van der Waals surface area contributed by atoms with E-state index in [1.165, 1.54) is 12.1 Å². The fraction of sp³-hybridized carbons (Fsp3) is 0.538. The van der Waals surface area contributed by atoms with E-state index < -0.39 is 4.92 Å². The molecule has 0 spiro atoms. The van der Waals surface area contributed by atoms with Gasteiger partial charge in [0.1, 0.15) is 5.75 Å². The van der Waals surface area contributed by atoms with Gasteiger partial charge in [0, 0.05) is 12.1 Å². The molecule has 0 amide bonds. The van der Waals surface area contributed by atoms with E-state index in [-0.39, 0.29) is 5.69 Å². The van der Waals surface area contributed by atoms with Crippen molar-refractivity contribution in [1.29, 1.82) is 0 Å². The van der Waals surface area contributed by atoms with Gasteiger partial charge in [-0.3, -0.25) is 10.1 Å². The molecular weight excluding hydrogens is 232 g/mol. The highest BCUT2D eigenvalue weighted by Gasteiger charge is 2.08. The van der Waals surface area contributed by atoms with Crippen LogP contribution in [0, 0.1) is 17.0 Å². The molecule has 0 aliphatic carbocycles. The van der Waals surface area contributed by atoms with Crippen molar-refractivity contribution in [2.45, 2.75) is 33.2 Å². The number of nitro benzene ring substituents is 1. The lowest BCUT2D eigenvalue weighted by molar-refractivity contribution is -0.385. The van der Waals surface area contributed by atoms with Crippen LogP contribution in [-0.4, -0.2) is 24.1 Å². The number of non-ortho nitro benzene ring substituents is 1. The van der Waals surface area contributed by atoms with Crippen molar-refractivity contribution in [3.05, 3.63) is 33.9 Å². The smallest absolute Gasteiger partial charge is 0.273 e. The maximum atomic E-state index is 10.7. The second-order valence-electron chi connectivity index (χ2n) is 4.57. The van der Waals surface area contributed by atoms with E-state index in [4.69, 9.17) is 4.74 Å². The summed E-state index contributed by atoms with van der Waals surface area (Å²) < 4.78 is 5.52. The molecule has 0 aliphatic heterocycles. The van der Waals surface area contributed by atoms with Crippen molar-refractivity contribution >= 4 is 5.69 Å². The summed E-state index contributed by atoms with van der Waals surface area (Å²) in [4.78, 5) is 10.3. The number of benzene rings is 1. The Balaban J connectivity index is 2.44. The lowest BCUT2D eigenvalue weighted by Crippen LogP contribution is -2.24. The Morgan fingerprint density at radius 2 is 2.11 bits per heavy atom. The van der Waals surface area contributed by atoms with E-state index in [9.17, 15) is 10.1 Å². The monoisotopic (exact) mass is 252 g/mol. The van der Waals surface area contributed by atoms with E-state index in [0.29, 0.717) is 18.4 Å². The molecule has 1 rings (SSSR count). The summed E-state index contributed by atoms with van der Waals surface area (Å²) in [6.45, 7) is 7.43. The summed E-state index contributed by atoms with van der Waals surface area (Å²) >= 11 is 0. The molecule has 1 N–H and O–H groups in total. The predicted molar refractivity (Wildman–Crippen MR) is 71.1 cm³/mol. The number of aryl methyl sites for hydroxylation is 1. The molecule has 1 aromatic rings. The summed E-state index contributed by atoms with van der Waals surface area (Å²) in [7, 11) is 0. The highest BCUT2D eigenvalue weighted by molar-refractivity contribution is 5.42. The number of ether oxygens (including phenoxy) is 1. The summed E-state index contributed by atoms with van der Waals surface area (Å²) in [5.41, 5.74) is 0.907. The van der Waals surface area contributed by atoms with Crippen LogP contribution in [0.1, 0.15) is 25.8 Å². The van der Waals surface area contributed by atoms with Gasteiger partial charge in [0.15, 0.2) is 0 Å². The lowest BCUT2D eigenvalue weighted by Gasteiger charge is -2.09. The summed E-state index contributed by atoms with van der Waals surface area (Å²) in [6.07, 6.45) is 0.875. The minimum Gasteiger partial charge on any atom is -0.493 e. The second kappa shape index (κ2) is 6.96. The average Bonchev–Trinajstić information content (AvgIpc) is 2.27. The van der Waals surface area contributed by atoms with Gasteiger partial charge in [-0.1, -0.05) is 13.8 Å². The zero-order valence-corrected chi connectivity index (χ0v) is 11.1. The molecule has 5 heteroatoms. The number of hydrogen-bond donors (Lipinski definition) is 1. The van der Waals surface area contributed by atoms with Crippen LogP contribution in [0.15, 0.2) is 18.2 Å². The first-order valence-corrected chi connectivity index (χ1v) is 6.11. The maximum Gasteiger partial charge on any atom is 0.273 e. The third-order valence-corrected chi connectivity index (χ3v) is 2.39. The van der Waals surface area contributed by atoms with Crippen molar-refractivity contribution in [2.24, 2.45) is 0 Å². The third kappa shape index (κ3) is 5.14. The van der Waals surface area contributed by atoms with Gasteiger partial charge in [-0.2, -0.15) is 0 Å². The second-order valence-corrected chi connectivity index (χ2v) is 4.57. The van der Waals surface area contributed by atoms with Gasteiger partial charge in [0.05, 0.1) is 17.6 Å². The minimum atomic E-state index is -0.403. The molecule has 1 aromatic carbocycles. The zero-order chi connectivity index (χ0) is 13.5. The predicted octanol–water partition coefficient (Wildman–Crippen LogP) is 2.67. The minimum absolute atomic E-state index is 0.0744. The van der Waals surface area contributed by atoms with Gasteiger partial charge in [-0.05, 0) is 31.5 Å².